The summed E-state index contributed by atoms with van der Waals surface area (Å²) in [6, 6.07) is 11.1. The highest BCUT2D eigenvalue weighted by atomic mass is 19.1. The Morgan fingerprint density at radius 3 is 2.88 bits per heavy atom. The molecule has 1 N–H and O–H groups in total. The van der Waals surface area contributed by atoms with Crippen molar-refractivity contribution in [1.29, 1.82) is 0 Å². The normalized spacial score (nSPS) is 21.4. The van der Waals surface area contributed by atoms with Crippen molar-refractivity contribution in [3.63, 3.8) is 0 Å². The third-order valence-electron chi connectivity index (χ3n) is 7.18. The maximum absolute atomic E-state index is 16.1. The van der Waals surface area contributed by atoms with E-state index in [0.717, 1.165) is 18.7 Å². The molecule has 2 aromatic carbocycles. The number of pyridine rings is 2. The van der Waals surface area contributed by atoms with Gasteiger partial charge in [0.05, 0.1) is 18.4 Å². The van der Waals surface area contributed by atoms with Crippen molar-refractivity contribution in [3.8, 4) is 29.5 Å². The number of methoxy groups -OCH3 is 1. The van der Waals surface area contributed by atoms with Gasteiger partial charge in [0.15, 0.2) is 5.82 Å². The molecule has 170 valence electrons. The smallest absolute Gasteiger partial charge is 0.215 e. The highest BCUT2D eigenvalue weighted by molar-refractivity contribution is 6.02. The van der Waals surface area contributed by atoms with E-state index in [2.05, 4.69) is 33.0 Å². The van der Waals surface area contributed by atoms with Gasteiger partial charge < -0.3 is 15.0 Å². The summed E-state index contributed by atoms with van der Waals surface area (Å²) in [5.41, 5.74) is 1.60. The Labute approximate surface area is 195 Å². The van der Waals surface area contributed by atoms with Crippen LogP contribution < -0.4 is 15.0 Å². The molecule has 2 aliphatic rings. The number of halogens is 2. The molecular formula is C27H22F2N4O. The van der Waals surface area contributed by atoms with Gasteiger partial charge in [-0.2, -0.15) is 0 Å². The molecular weight excluding hydrogens is 434 g/mol. The predicted octanol–water partition coefficient (Wildman–Crippen LogP) is 4.66. The number of nitrogens with zero attached hydrogens (tertiary/aromatic N) is 3. The van der Waals surface area contributed by atoms with Gasteiger partial charge in [-0.3, -0.25) is 4.98 Å². The topological polar surface area (TPSA) is 50.3 Å². The highest BCUT2D eigenvalue weighted by Crippen LogP contribution is 2.43. The number of aromatic nitrogens is 2. The lowest BCUT2D eigenvalue weighted by Gasteiger charge is -2.52. The van der Waals surface area contributed by atoms with Crippen LogP contribution in [0.3, 0.4) is 0 Å². The first-order valence-electron chi connectivity index (χ1n) is 11.3. The first-order valence-corrected chi connectivity index (χ1v) is 11.3. The molecule has 0 amide bonds. The average Bonchev–Trinajstić information content (AvgIpc) is 3.28. The monoisotopic (exact) mass is 456 g/mol. The van der Waals surface area contributed by atoms with Crippen LogP contribution in [0.15, 0.2) is 42.6 Å². The number of hydrogen-bond acceptors (Lipinski definition) is 5. The summed E-state index contributed by atoms with van der Waals surface area (Å²) in [7, 11) is 1.52. The Morgan fingerprint density at radius 2 is 2.09 bits per heavy atom. The van der Waals surface area contributed by atoms with E-state index in [1.807, 2.05) is 12.1 Å². The predicted molar refractivity (Wildman–Crippen MR) is 129 cm³/mol. The van der Waals surface area contributed by atoms with Gasteiger partial charge in [0.1, 0.15) is 17.0 Å². The molecule has 5 nitrogen and oxygen atoms in total. The van der Waals surface area contributed by atoms with Crippen LogP contribution in [0.5, 0.6) is 5.88 Å². The van der Waals surface area contributed by atoms with Crippen molar-refractivity contribution < 1.29 is 13.5 Å². The van der Waals surface area contributed by atoms with Gasteiger partial charge in [0, 0.05) is 46.7 Å². The molecule has 0 spiro atoms. The van der Waals surface area contributed by atoms with E-state index in [1.165, 1.54) is 13.2 Å². The molecule has 2 fully saturated rings. The van der Waals surface area contributed by atoms with E-state index in [0.29, 0.717) is 39.7 Å². The first kappa shape index (κ1) is 20.8. The van der Waals surface area contributed by atoms with Crippen LogP contribution >= 0.6 is 0 Å². The minimum Gasteiger partial charge on any atom is -0.481 e. The second-order valence-corrected chi connectivity index (χ2v) is 8.82. The summed E-state index contributed by atoms with van der Waals surface area (Å²) in [6.07, 6.45) is 8.28. The minimum absolute atomic E-state index is 0.0731. The number of hydrogen-bond donors (Lipinski definition) is 1. The summed E-state index contributed by atoms with van der Waals surface area (Å²) in [6.45, 7) is 3.12. The van der Waals surface area contributed by atoms with E-state index in [9.17, 15) is 4.39 Å². The molecule has 4 aromatic rings. The van der Waals surface area contributed by atoms with Crippen LogP contribution in [0, 0.1) is 24.0 Å². The Hall–Kier alpha value is -3.76. The molecule has 2 aromatic heterocycles. The summed E-state index contributed by atoms with van der Waals surface area (Å²) in [4.78, 5) is 11.2. The number of terminal acetylenes is 1. The molecule has 0 unspecified atom stereocenters. The lowest BCUT2D eigenvalue weighted by Crippen LogP contribution is -2.67. The summed E-state index contributed by atoms with van der Waals surface area (Å²) in [5, 5.41) is 5.31. The zero-order chi connectivity index (χ0) is 23.6. The summed E-state index contributed by atoms with van der Waals surface area (Å²) < 4.78 is 36.0. The fourth-order valence-electron chi connectivity index (χ4n) is 5.60. The third-order valence-corrected chi connectivity index (χ3v) is 7.18. The fourth-order valence-corrected chi connectivity index (χ4v) is 5.60. The van der Waals surface area contributed by atoms with Gasteiger partial charge >= 0.3 is 0 Å². The van der Waals surface area contributed by atoms with Crippen LogP contribution in [0.4, 0.5) is 14.5 Å². The molecule has 0 saturated carbocycles. The Balaban J connectivity index is 1.60. The number of ether oxygens (including phenoxy) is 1. The van der Waals surface area contributed by atoms with Crippen LogP contribution in [0.2, 0.25) is 0 Å². The summed E-state index contributed by atoms with van der Waals surface area (Å²) in [5.74, 6) is 1.62. The van der Waals surface area contributed by atoms with Gasteiger partial charge in [-0.15, -0.1) is 6.42 Å². The van der Waals surface area contributed by atoms with Crippen LogP contribution in [0.1, 0.15) is 18.9 Å². The molecule has 4 heterocycles. The number of fused-ring (bicyclic) bond motifs is 3. The summed E-state index contributed by atoms with van der Waals surface area (Å²) >= 11 is 0. The number of rotatable bonds is 3. The van der Waals surface area contributed by atoms with Crippen molar-refractivity contribution in [2.75, 3.05) is 18.6 Å². The van der Waals surface area contributed by atoms with Crippen molar-refractivity contribution >= 4 is 27.4 Å². The second-order valence-electron chi connectivity index (χ2n) is 8.82. The van der Waals surface area contributed by atoms with E-state index in [4.69, 9.17) is 11.2 Å². The lowest BCUT2D eigenvalue weighted by molar-refractivity contribution is 0.308. The molecule has 7 heteroatoms. The van der Waals surface area contributed by atoms with Crippen molar-refractivity contribution in [1.82, 2.24) is 15.3 Å². The zero-order valence-corrected chi connectivity index (χ0v) is 18.8. The molecule has 6 rings (SSSR count). The van der Waals surface area contributed by atoms with Crippen LogP contribution in [-0.2, 0) is 0 Å². The Kier molecular flexibility index (Phi) is 4.68. The SMILES string of the molecule is C#Cc1c(F)ccc2cccc(-c3ncc4c(N5[C@@H]6CCN[C@@H]6[C@@H]5C)cc(OC)nc4c3F)c12. The highest BCUT2D eigenvalue weighted by Gasteiger charge is 2.49. The largest absolute Gasteiger partial charge is 0.481 e. The van der Waals surface area contributed by atoms with Gasteiger partial charge in [-0.25, -0.2) is 13.8 Å². The third kappa shape index (κ3) is 2.82. The van der Waals surface area contributed by atoms with Crippen molar-refractivity contribution in [3.05, 3.63) is 59.8 Å². The quantitative estimate of drug-likeness (QED) is 0.455. The van der Waals surface area contributed by atoms with Gasteiger partial charge in [0.25, 0.3) is 0 Å². The zero-order valence-electron chi connectivity index (χ0n) is 18.8. The molecule has 2 saturated heterocycles. The number of benzene rings is 2. The van der Waals surface area contributed by atoms with Gasteiger partial charge in [-0.1, -0.05) is 30.2 Å². The standard InChI is InChI=1S/C27H22F2N4O/c1-4-16-19(28)9-8-15-6-5-7-17(23(15)16)26-24(29)27-18(13-31-26)21(12-22(32-27)34-3)33-14(2)25-20(33)10-11-30-25/h1,5-9,12-14,20,25,30H,10-11H2,2-3H3/t14-,20+,25+/m0/s1. The Bertz CT molecular complexity index is 1510. The second kappa shape index (κ2) is 7.64. The molecule has 3 atom stereocenters. The molecule has 2 aliphatic heterocycles. The first-order chi connectivity index (χ1) is 16.5. The molecule has 0 radical (unpaired) electrons. The van der Waals surface area contributed by atoms with Crippen molar-refractivity contribution in [2.24, 2.45) is 0 Å². The number of anilines is 1. The van der Waals surface area contributed by atoms with Gasteiger partial charge in [-0.05, 0) is 31.3 Å². The molecule has 0 bridgehead atoms. The number of nitrogens with one attached hydrogen (secondary N) is 1. The maximum Gasteiger partial charge on any atom is 0.215 e. The van der Waals surface area contributed by atoms with Gasteiger partial charge in [0.2, 0.25) is 5.88 Å². The van der Waals surface area contributed by atoms with Crippen LogP contribution in [-0.4, -0.2) is 41.7 Å². The minimum atomic E-state index is -0.591. The van der Waals surface area contributed by atoms with Crippen molar-refractivity contribution in [2.45, 2.75) is 31.5 Å². The maximum atomic E-state index is 16.1. The lowest BCUT2D eigenvalue weighted by atomic mass is 9.87. The Morgan fingerprint density at radius 1 is 1.24 bits per heavy atom. The van der Waals surface area contributed by atoms with Crippen LogP contribution in [0.25, 0.3) is 32.9 Å². The molecule has 34 heavy (non-hydrogen) atoms. The van der Waals surface area contributed by atoms with E-state index in [1.54, 1.807) is 24.4 Å². The molecule has 0 aliphatic carbocycles. The average molecular weight is 456 g/mol. The van der Waals surface area contributed by atoms with E-state index in [-0.39, 0.29) is 22.8 Å². The van der Waals surface area contributed by atoms with E-state index < -0.39 is 11.6 Å². The van der Waals surface area contributed by atoms with E-state index >= 15 is 4.39 Å². The fraction of sp³-hybridized carbons (Fsp3) is 0.259.